The van der Waals surface area contributed by atoms with Crippen LogP contribution in [0.15, 0.2) is 48.5 Å². The zero-order valence-electron chi connectivity index (χ0n) is 37.2. The lowest BCUT2D eigenvalue weighted by molar-refractivity contribution is 0.00211. The zero-order valence-corrected chi connectivity index (χ0v) is 37.2. The highest BCUT2D eigenvalue weighted by molar-refractivity contribution is 6.37. The lowest BCUT2D eigenvalue weighted by atomic mass is 9.85. The largest absolute Gasteiger partial charge is 0.281 e. The number of nitrogens with zero attached hydrogens (tertiary/aromatic N) is 4. The summed E-state index contributed by atoms with van der Waals surface area (Å²) >= 11 is 0. The Morgan fingerprint density at radius 3 is 0.672 bits per heavy atom. The fourth-order valence-electron chi connectivity index (χ4n) is 10.1. The van der Waals surface area contributed by atoms with Crippen molar-refractivity contribution in [2.75, 3.05) is 13.1 Å². The number of carbonyl (C=O) groups is 8. The minimum atomic E-state index is -0.974. The average molecular weight is 867 g/mol. The van der Waals surface area contributed by atoms with Crippen molar-refractivity contribution < 1.29 is 38.4 Å². The van der Waals surface area contributed by atoms with Gasteiger partial charge in [-0.3, -0.25) is 48.2 Å². The highest BCUT2D eigenvalue weighted by Gasteiger charge is 2.48. The summed E-state index contributed by atoms with van der Waals surface area (Å²) in [5.41, 5.74) is 0.595. The zero-order chi connectivity index (χ0) is 45.1. The van der Waals surface area contributed by atoms with Gasteiger partial charge in [-0.25, -0.2) is 0 Å². The molecule has 0 unspecified atom stereocenters. The van der Waals surface area contributed by atoms with Crippen LogP contribution in [0.2, 0.25) is 0 Å². The highest BCUT2D eigenvalue weighted by Crippen LogP contribution is 2.42. The topological polar surface area (TPSA) is 150 Å². The molecule has 4 heterocycles. The van der Waals surface area contributed by atoms with Crippen molar-refractivity contribution in [2.24, 2.45) is 0 Å². The number of amides is 8. The molecule has 0 aliphatic carbocycles. The smallest absolute Gasteiger partial charge is 0.274 e. The molecular formula is C52H58N4O8. The molecule has 8 amide bonds. The molecule has 8 rings (SSSR count). The van der Waals surface area contributed by atoms with Gasteiger partial charge in [0.1, 0.15) is 0 Å². The summed E-state index contributed by atoms with van der Waals surface area (Å²) in [7, 11) is 0. The third-order valence-corrected chi connectivity index (χ3v) is 13.6. The van der Waals surface area contributed by atoms with Gasteiger partial charge in [-0.15, -0.1) is 0 Å². The van der Waals surface area contributed by atoms with Crippen LogP contribution in [-0.4, -0.2) is 80.2 Å². The Morgan fingerprint density at radius 1 is 0.266 bits per heavy atom. The first-order valence-electron chi connectivity index (χ1n) is 23.8. The molecule has 12 nitrogen and oxygen atoms in total. The molecule has 0 fully saturated rings. The lowest BCUT2D eigenvalue weighted by Gasteiger charge is -2.38. The van der Waals surface area contributed by atoms with E-state index in [2.05, 4.69) is 13.8 Å². The molecule has 0 saturated heterocycles. The summed E-state index contributed by atoms with van der Waals surface area (Å²) in [6.07, 6.45) is 22.2. The van der Waals surface area contributed by atoms with E-state index >= 15 is 0 Å². The second-order valence-corrected chi connectivity index (χ2v) is 17.9. The molecule has 0 bridgehead atoms. The Morgan fingerprint density at radius 2 is 0.453 bits per heavy atom. The van der Waals surface area contributed by atoms with E-state index in [1.165, 1.54) is 135 Å². The Labute approximate surface area is 374 Å². The summed E-state index contributed by atoms with van der Waals surface area (Å²) < 4.78 is 0. The van der Waals surface area contributed by atoms with E-state index in [1.54, 1.807) is 0 Å². The lowest BCUT2D eigenvalue weighted by Crippen LogP contribution is -2.58. The van der Waals surface area contributed by atoms with Crippen LogP contribution < -0.4 is 0 Å². The van der Waals surface area contributed by atoms with E-state index in [0.29, 0.717) is 22.9 Å². The summed E-state index contributed by atoms with van der Waals surface area (Å²) in [6, 6.07) is 11.4. The monoisotopic (exact) mass is 866 g/mol. The molecule has 0 radical (unpaired) electrons. The van der Waals surface area contributed by atoms with Gasteiger partial charge in [-0.2, -0.15) is 10.0 Å². The number of benzene rings is 4. The molecular weight excluding hydrogens is 809 g/mol. The van der Waals surface area contributed by atoms with Crippen molar-refractivity contribution in [1.29, 1.82) is 0 Å². The predicted octanol–water partition coefficient (Wildman–Crippen LogP) is 10.8. The third kappa shape index (κ3) is 7.93. The fraction of sp³-hybridized carbons (Fsp3) is 0.462. The van der Waals surface area contributed by atoms with Gasteiger partial charge < -0.3 is 0 Å². The minimum absolute atomic E-state index is 0.0470. The maximum atomic E-state index is 14.4. The highest BCUT2D eigenvalue weighted by atomic mass is 16.2. The molecule has 0 spiro atoms. The van der Waals surface area contributed by atoms with Gasteiger partial charge in [-0.05, 0) is 61.4 Å². The molecule has 12 heteroatoms. The van der Waals surface area contributed by atoms with Crippen molar-refractivity contribution >= 4 is 68.8 Å². The summed E-state index contributed by atoms with van der Waals surface area (Å²) in [5.74, 6) is -5.91. The van der Waals surface area contributed by atoms with E-state index < -0.39 is 47.3 Å². The van der Waals surface area contributed by atoms with Crippen LogP contribution in [0.25, 0.3) is 21.5 Å². The third-order valence-electron chi connectivity index (χ3n) is 13.6. The number of hydrogen-bond acceptors (Lipinski definition) is 8. The molecule has 334 valence electrons. The molecule has 64 heavy (non-hydrogen) atoms. The van der Waals surface area contributed by atoms with Crippen LogP contribution in [0.3, 0.4) is 0 Å². The molecule has 4 aliphatic rings. The number of rotatable bonds is 23. The molecule has 0 saturated carbocycles. The maximum Gasteiger partial charge on any atom is 0.281 e. The first kappa shape index (κ1) is 44.6. The standard InChI is InChI=1S/C52H58N4O8/c1-3-5-7-9-11-13-15-17-19-21-31-53-45(57)33-23-27-37-43-38(28-24-34(41(33)43)46(53)58)50(62)55(49(37)61)56-51(63)39-29-25-35-42-36(26-30-40(44(39)42)52(56)64)48(60)54(47(35)59)32-22-20-18-16-14-12-10-8-6-4-2/h23-30H,3-22,31-32H2,1-2H3. The van der Waals surface area contributed by atoms with Crippen LogP contribution in [0.1, 0.15) is 225 Å². The van der Waals surface area contributed by atoms with Crippen molar-refractivity contribution in [3.8, 4) is 0 Å². The van der Waals surface area contributed by atoms with Gasteiger partial charge in [0.15, 0.2) is 0 Å². The summed E-state index contributed by atoms with van der Waals surface area (Å²) in [6.45, 7) is 4.91. The van der Waals surface area contributed by atoms with Gasteiger partial charge in [0.25, 0.3) is 47.3 Å². The molecule has 0 N–H and O–H groups in total. The Hall–Kier alpha value is -6.04. The van der Waals surface area contributed by atoms with Crippen LogP contribution in [0.5, 0.6) is 0 Å². The first-order valence-corrected chi connectivity index (χ1v) is 23.8. The number of imide groups is 4. The van der Waals surface area contributed by atoms with Gasteiger partial charge in [-0.1, -0.05) is 129 Å². The van der Waals surface area contributed by atoms with Crippen LogP contribution in [-0.2, 0) is 0 Å². The predicted molar refractivity (Wildman–Crippen MR) is 243 cm³/mol. The van der Waals surface area contributed by atoms with Crippen molar-refractivity contribution in [1.82, 2.24) is 19.8 Å². The summed E-state index contributed by atoms with van der Waals surface area (Å²) in [5, 5.41) is 1.67. The second kappa shape index (κ2) is 19.4. The van der Waals surface area contributed by atoms with Gasteiger partial charge in [0, 0.05) is 56.9 Å². The average Bonchev–Trinajstić information content (AvgIpc) is 3.30. The Balaban J connectivity index is 0.972. The summed E-state index contributed by atoms with van der Waals surface area (Å²) in [4.78, 5) is 115. The Kier molecular flexibility index (Phi) is 13.5. The number of hydrogen-bond donors (Lipinski definition) is 0. The van der Waals surface area contributed by atoms with Gasteiger partial charge in [0.05, 0.1) is 22.3 Å². The quantitative estimate of drug-likeness (QED) is 0.0528. The number of hydrazine groups is 1. The fourth-order valence-corrected chi connectivity index (χ4v) is 10.1. The van der Waals surface area contributed by atoms with Gasteiger partial charge >= 0.3 is 0 Å². The van der Waals surface area contributed by atoms with E-state index in [1.807, 2.05) is 0 Å². The number of carbonyl (C=O) groups excluding carboxylic acids is 8. The van der Waals surface area contributed by atoms with Crippen molar-refractivity contribution in [3.63, 3.8) is 0 Å². The van der Waals surface area contributed by atoms with E-state index in [0.717, 1.165) is 38.5 Å². The van der Waals surface area contributed by atoms with Gasteiger partial charge in [0.2, 0.25) is 0 Å². The molecule has 0 aromatic heterocycles. The molecule has 4 aromatic rings. The molecule has 0 atom stereocenters. The molecule has 4 aliphatic heterocycles. The van der Waals surface area contributed by atoms with Crippen molar-refractivity contribution in [3.05, 3.63) is 93.0 Å². The maximum absolute atomic E-state index is 14.4. The number of unbranched alkanes of at least 4 members (excludes halogenated alkanes) is 18. The Bertz CT molecular complexity index is 2280. The SMILES string of the molecule is CCCCCCCCCCCCN1C(=O)c2ccc3c4c(ccc(c24)C1=O)C(=O)N(N1C(=O)c2ccc4c5c(ccc(c25)C1=O)C(=O)N(CCCCCCCCCCCC)C4=O)C3=O. The van der Waals surface area contributed by atoms with Crippen LogP contribution in [0, 0.1) is 0 Å². The molecule has 4 aromatic carbocycles. The van der Waals surface area contributed by atoms with Crippen LogP contribution >= 0.6 is 0 Å². The minimum Gasteiger partial charge on any atom is -0.274 e. The van der Waals surface area contributed by atoms with Crippen molar-refractivity contribution in [2.45, 2.75) is 142 Å². The normalized spacial score (nSPS) is 15.6. The second-order valence-electron chi connectivity index (χ2n) is 17.9. The van der Waals surface area contributed by atoms with Crippen LogP contribution in [0.4, 0.5) is 0 Å². The van der Waals surface area contributed by atoms with E-state index in [9.17, 15) is 38.4 Å². The first-order chi connectivity index (χ1) is 31.1. The van der Waals surface area contributed by atoms with E-state index in [4.69, 9.17) is 0 Å². The van der Waals surface area contributed by atoms with E-state index in [-0.39, 0.29) is 79.1 Å².